The van der Waals surface area contributed by atoms with Crippen LogP contribution in [0.4, 0.5) is 0 Å². The van der Waals surface area contributed by atoms with Gasteiger partial charge < -0.3 is 0 Å². The van der Waals surface area contributed by atoms with Gasteiger partial charge in [-0.2, -0.15) is 0 Å². The second kappa shape index (κ2) is 4.30. The molecular weight excluding hydrogens is 144 g/mol. The van der Waals surface area contributed by atoms with Gasteiger partial charge >= 0.3 is 0 Å². The summed E-state index contributed by atoms with van der Waals surface area (Å²) in [6.07, 6.45) is 10.2. The topological polar surface area (TPSA) is 0 Å². The molecular formula is C12H24. The summed E-state index contributed by atoms with van der Waals surface area (Å²) < 4.78 is 0. The summed E-state index contributed by atoms with van der Waals surface area (Å²) in [7, 11) is 0. The lowest BCUT2D eigenvalue weighted by molar-refractivity contribution is 0.248. The number of hydrogen-bond acceptors (Lipinski definition) is 0. The molecule has 1 unspecified atom stereocenters. The molecule has 1 aliphatic carbocycles. The first kappa shape index (κ1) is 10.1. The highest BCUT2D eigenvalue weighted by molar-refractivity contribution is 4.81. The first-order chi connectivity index (χ1) is 5.66. The fourth-order valence-electron chi connectivity index (χ4n) is 2.87. The predicted octanol–water partition coefficient (Wildman–Crippen LogP) is 4.39. The maximum Gasteiger partial charge on any atom is -0.0323 e. The van der Waals surface area contributed by atoms with E-state index in [1.54, 1.807) is 0 Å². The molecule has 0 aromatic heterocycles. The molecule has 0 saturated heterocycles. The quantitative estimate of drug-likeness (QED) is 0.584. The molecule has 0 nitrogen and oxygen atoms in total. The fourth-order valence-corrected chi connectivity index (χ4v) is 2.87. The van der Waals surface area contributed by atoms with Gasteiger partial charge in [0.15, 0.2) is 0 Å². The van der Waals surface area contributed by atoms with Crippen molar-refractivity contribution in [2.45, 2.75) is 65.7 Å². The maximum absolute atomic E-state index is 2.49. The summed E-state index contributed by atoms with van der Waals surface area (Å²) in [5.41, 5.74) is 0.717. The van der Waals surface area contributed by atoms with E-state index >= 15 is 0 Å². The molecule has 1 fully saturated rings. The van der Waals surface area contributed by atoms with Crippen LogP contribution in [0.2, 0.25) is 0 Å². The second-order valence-corrected chi connectivity index (χ2v) is 5.12. The Morgan fingerprint density at radius 3 is 2.33 bits per heavy atom. The molecule has 0 aromatic rings. The third-order valence-electron chi connectivity index (χ3n) is 3.43. The number of rotatable bonds is 4. The predicted molar refractivity (Wildman–Crippen MR) is 55.3 cm³/mol. The second-order valence-electron chi connectivity index (χ2n) is 5.12. The molecule has 1 rings (SSSR count). The van der Waals surface area contributed by atoms with Gasteiger partial charge in [0.05, 0.1) is 0 Å². The van der Waals surface area contributed by atoms with Crippen molar-refractivity contribution in [3.63, 3.8) is 0 Å². The van der Waals surface area contributed by atoms with Crippen molar-refractivity contribution in [1.29, 1.82) is 0 Å². The molecule has 0 bridgehead atoms. The van der Waals surface area contributed by atoms with Crippen LogP contribution < -0.4 is 0 Å². The van der Waals surface area contributed by atoms with Gasteiger partial charge in [0.25, 0.3) is 0 Å². The zero-order chi connectivity index (χ0) is 9.03. The van der Waals surface area contributed by atoms with E-state index < -0.39 is 0 Å². The Morgan fingerprint density at radius 1 is 1.25 bits per heavy atom. The summed E-state index contributed by atoms with van der Waals surface area (Å²) in [5, 5.41) is 0. The summed E-state index contributed by atoms with van der Waals surface area (Å²) in [5.74, 6) is 0.957. The lowest BCUT2D eigenvalue weighted by Gasteiger charge is -2.27. The van der Waals surface area contributed by atoms with Crippen molar-refractivity contribution in [3.05, 3.63) is 0 Å². The molecule has 0 aliphatic heterocycles. The van der Waals surface area contributed by atoms with Gasteiger partial charge in [-0.25, -0.2) is 0 Å². The van der Waals surface area contributed by atoms with E-state index in [1.165, 1.54) is 44.9 Å². The lowest BCUT2D eigenvalue weighted by atomic mass is 9.79. The Hall–Kier alpha value is 0. The van der Waals surface area contributed by atoms with Gasteiger partial charge in [0, 0.05) is 0 Å². The van der Waals surface area contributed by atoms with E-state index in [0.717, 1.165) is 5.92 Å². The molecule has 72 valence electrons. The van der Waals surface area contributed by atoms with E-state index in [1.807, 2.05) is 0 Å². The average Bonchev–Trinajstić information content (AvgIpc) is 2.36. The van der Waals surface area contributed by atoms with Crippen LogP contribution in [0.1, 0.15) is 65.7 Å². The van der Waals surface area contributed by atoms with Crippen molar-refractivity contribution in [2.75, 3.05) is 0 Å². The minimum atomic E-state index is 0.717. The van der Waals surface area contributed by atoms with Gasteiger partial charge in [-0.15, -0.1) is 0 Å². The third kappa shape index (κ3) is 2.80. The van der Waals surface area contributed by atoms with E-state index in [0.29, 0.717) is 5.41 Å². The highest BCUT2D eigenvalue weighted by Crippen LogP contribution is 2.43. The molecule has 1 atom stereocenters. The highest BCUT2D eigenvalue weighted by Gasteiger charge is 2.29. The highest BCUT2D eigenvalue weighted by atomic mass is 14.3. The zero-order valence-corrected chi connectivity index (χ0v) is 9.03. The zero-order valence-electron chi connectivity index (χ0n) is 9.03. The summed E-state index contributed by atoms with van der Waals surface area (Å²) in [6.45, 7) is 7.21. The van der Waals surface area contributed by atoms with Gasteiger partial charge in [0.2, 0.25) is 0 Å². The maximum atomic E-state index is 2.49. The lowest BCUT2D eigenvalue weighted by Crippen LogP contribution is -2.15. The van der Waals surface area contributed by atoms with Crippen LogP contribution in [0, 0.1) is 11.3 Å². The molecule has 0 spiro atoms. The Labute approximate surface area is 77.7 Å². The van der Waals surface area contributed by atoms with Gasteiger partial charge in [-0.05, 0) is 30.6 Å². The van der Waals surface area contributed by atoms with Crippen LogP contribution in [-0.4, -0.2) is 0 Å². The standard InChI is InChI=1S/C12H24/c1-4-7-11(2)10-12(3)8-5-6-9-12/h11H,4-10H2,1-3H3. The molecule has 12 heavy (non-hydrogen) atoms. The molecule has 0 heteroatoms. The van der Waals surface area contributed by atoms with Crippen molar-refractivity contribution in [2.24, 2.45) is 11.3 Å². The Kier molecular flexibility index (Phi) is 3.61. The Bertz CT molecular complexity index is 120. The van der Waals surface area contributed by atoms with Crippen LogP contribution in [0.25, 0.3) is 0 Å². The third-order valence-corrected chi connectivity index (χ3v) is 3.43. The minimum absolute atomic E-state index is 0.717. The van der Waals surface area contributed by atoms with E-state index in [9.17, 15) is 0 Å². The normalized spacial score (nSPS) is 24.2. The van der Waals surface area contributed by atoms with Crippen molar-refractivity contribution in [3.8, 4) is 0 Å². The monoisotopic (exact) mass is 168 g/mol. The molecule has 1 saturated carbocycles. The van der Waals surface area contributed by atoms with Gasteiger partial charge in [0.1, 0.15) is 0 Å². The van der Waals surface area contributed by atoms with Gasteiger partial charge in [-0.1, -0.05) is 46.5 Å². The average molecular weight is 168 g/mol. The Morgan fingerprint density at radius 2 is 1.83 bits per heavy atom. The number of hydrogen-bond donors (Lipinski definition) is 0. The summed E-state index contributed by atoms with van der Waals surface area (Å²) >= 11 is 0. The van der Waals surface area contributed by atoms with Crippen LogP contribution in [0.15, 0.2) is 0 Å². The van der Waals surface area contributed by atoms with Crippen molar-refractivity contribution in [1.82, 2.24) is 0 Å². The minimum Gasteiger partial charge on any atom is -0.0654 e. The molecule has 0 amide bonds. The van der Waals surface area contributed by atoms with E-state index in [2.05, 4.69) is 20.8 Å². The first-order valence-electron chi connectivity index (χ1n) is 5.66. The molecule has 0 N–H and O–H groups in total. The molecule has 1 aliphatic rings. The molecule has 0 heterocycles. The van der Waals surface area contributed by atoms with Crippen LogP contribution in [-0.2, 0) is 0 Å². The first-order valence-corrected chi connectivity index (χ1v) is 5.66. The summed E-state index contributed by atoms with van der Waals surface area (Å²) in [4.78, 5) is 0. The van der Waals surface area contributed by atoms with Crippen LogP contribution in [0.5, 0.6) is 0 Å². The van der Waals surface area contributed by atoms with E-state index in [4.69, 9.17) is 0 Å². The van der Waals surface area contributed by atoms with Crippen molar-refractivity contribution < 1.29 is 0 Å². The fraction of sp³-hybridized carbons (Fsp3) is 1.00. The van der Waals surface area contributed by atoms with Crippen molar-refractivity contribution >= 4 is 0 Å². The summed E-state index contributed by atoms with van der Waals surface area (Å²) in [6, 6.07) is 0. The molecule has 0 aromatic carbocycles. The smallest absolute Gasteiger partial charge is 0.0323 e. The Balaban J connectivity index is 2.28. The van der Waals surface area contributed by atoms with Gasteiger partial charge in [-0.3, -0.25) is 0 Å². The van der Waals surface area contributed by atoms with E-state index in [-0.39, 0.29) is 0 Å². The largest absolute Gasteiger partial charge is 0.0654 e. The van der Waals surface area contributed by atoms with Crippen LogP contribution in [0.3, 0.4) is 0 Å². The SMILES string of the molecule is CCCC(C)CC1(C)CCCC1. The van der Waals surface area contributed by atoms with Crippen LogP contribution >= 0.6 is 0 Å². The molecule has 0 radical (unpaired) electrons.